The van der Waals surface area contributed by atoms with E-state index >= 15 is 0 Å². The molecule has 0 unspecified atom stereocenters. The Labute approximate surface area is 160 Å². The fraction of sp³-hybridized carbons (Fsp3) is 0.600. The summed E-state index contributed by atoms with van der Waals surface area (Å²) in [6.07, 6.45) is 1.56. The van der Waals surface area contributed by atoms with Crippen LogP contribution in [0.4, 0.5) is 5.69 Å². The maximum absolute atomic E-state index is 12.9. The summed E-state index contributed by atoms with van der Waals surface area (Å²) in [6.45, 7) is 8.33. The molecular formula is C20H28ClN3O2. The Morgan fingerprint density at radius 1 is 0.962 bits per heavy atom. The maximum Gasteiger partial charge on any atom is 0.225 e. The lowest BCUT2D eigenvalue weighted by Crippen LogP contribution is -2.52. The Bertz CT molecular complexity index is 648. The standard InChI is InChI=1S/C20H28ClN3O2/c1-15(2)19(25)23-9-7-16(8-10-23)20(26)24-13-11-22(12-14-24)18-6-4-3-5-17(18)21/h3-6,15-16H,7-14H2,1-2H3. The van der Waals surface area contributed by atoms with Crippen molar-refractivity contribution in [2.45, 2.75) is 26.7 Å². The van der Waals surface area contributed by atoms with Crippen LogP contribution in [0, 0.1) is 11.8 Å². The maximum atomic E-state index is 12.9. The second kappa shape index (κ2) is 8.30. The summed E-state index contributed by atoms with van der Waals surface area (Å²) in [5.74, 6) is 0.530. The van der Waals surface area contributed by atoms with E-state index in [4.69, 9.17) is 11.6 Å². The van der Waals surface area contributed by atoms with Gasteiger partial charge in [-0.15, -0.1) is 0 Å². The zero-order chi connectivity index (χ0) is 18.7. The van der Waals surface area contributed by atoms with Crippen LogP contribution in [0.5, 0.6) is 0 Å². The minimum atomic E-state index is 0.0279. The van der Waals surface area contributed by atoms with Gasteiger partial charge in [-0.05, 0) is 25.0 Å². The second-order valence-corrected chi connectivity index (χ2v) is 7.93. The van der Waals surface area contributed by atoms with Gasteiger partial charge in [0.25, 0.3) is 0 Å². The highest BCUT2D eigenvalue weighted by molar-refractivity contribution is 6.33. The van der Waals surface area contributed by atoms with Gasteiger partial charge in [-0.2, -0.15) is 0 Å². The van der Waals surface area contributed by atoms with Gasteiger partial charge >= 0.3 is 0 Å². The number of amides is 2. The minimum absolute atomic E-state index is 0.0279. The van der Waals surface area contributed by atoms with E-state index in [1.807, 2.05) is 47.9 Å². The molecule has 2 saturated heterocycles. The van der Waals surface area contributed by atoms with Crippen molar-refractivity contribution in [1.82, 2.24) is 9.80 Å². The zero-order valence-electron chi connectivity index (χ0n) is 15.7. The molecule has 26 heavy (non-hydrogen) atoms. The summed E-state index contributed by atoms with van der Waals surface area (Å²) < 4.78 is 0. The molecule has 3 rings (SSSR count). The average molecular weight is 378 g/mol. The van der Waals surface area contributed by atoms with Crippen LogP contribution in [0.3, 0.4) is 0 Å². The van der Waals surface area contributed by atoms with Gasteiger partial charge in [0.1, 0.15) is 0 Å². The molecule has 0 bridgehead atoms. The molecule has 1 aromatic rings. The highest BCUT2D eigenvalue weighted by Crippen LogP contribution is 2.27. The number of piperidine rings is 1. The van der Waals surface area contributed by atoms with Gasteiger partial charge in [-0.3, -0.25) is 9.59 Å². The monoisotopic (exact) mass is 377 g/mol. The van der Waals surface area contributed by atoms with Gasteiger partial charge in [0.05, 0.1) is 10.7 Å². The molecule has 6 heteroatoms. The first-order valence-electron chi connectivity index (χ1n) is 9.54. The van der Waals surface area contributed by atoms with Gasteiger partial charge < -0.3 is 14.7 Å². The molecule has 2 fully saturated rings. The number of carbonyl (C=O) groups is 2. The first-order valence-corrected chi connectivity index (χ1v) is 9.92. The van der Waals surface area contributed by atoms with Crippen molar-refractivity contribution in [3.8, 4) is 0 Å². The fourth-order valence-corrected chi connectivity index (χ4v) is 4.10. The van der Waals surface area contributed by atoms with E-state index in [0.717, 1.165) is 49.7 Å². The molecule has 2 aliphatic heterocycles. The molecule has 5 nitrogen and oxygen atoms in total. The van der Waals surface area contributed by atoms with Crippen LogP contribution in [0.15, 0.2) is 24.3 Å². The number of rotatable bonds is 3. The summed E-state index contributed by atoms with van der Waals surface area (Å²) in [4.78, 5) is 31.1. The highest BCUT2D eigenvalue weighted by Gasteiger charge is 2.32. The molecule has 0 spiro atoms. The number of likely N-dealkylation sites (tertiary alicyclic amines) is 1. The Balaban J connectivity index is 1.50. The summed E-state index contributed by atoms with van der Waals surface area (Å²) in [6, 6.07) is 7.86. The smallest absolute Gasteiger partial charge is 0.225 e. The third-order valence-corrected chi connectivity index (χ3v) is 5.75. The molecular weight excluding hydrogens is 350 g/mol. The predicted molar refractivity (Wildman–Crippen MR) is 104 cm³/mol. The van der Waals surface area contributed by atoms with Gasteiger partial charge in [0.15, 0.2) is 0 Å². The lowest BCUT2D eigenvalue weighted by atomic mass is 9.94. The number of para-hydroxylation sites is 1. The first kappa shape index (κ1) is 19.0. The largest absolute Gasteiger partial charge is 0.367 e. The van der Waals surface area contributed by atoms with Gasteiger partial charge in [0.2, 0.25) is 11.8 Å². The molecule has 0 N–H and O–H groups in total. The summed E-state index contributed by atoms with van der Waals surface area (Å²) >= 11 is 6.29. The van der Waals surface area contributed by atoms with Crippen LogP contribution >= 0.6 is 11.6 Å². The SMILES string of the molecule is CC(C)C(=O)N1CCC(C(=O)N2CCN(c3ccccc3Cl)CC2)CC1. The Morgan fingerprint density at radius 3 is 2.15 bits per heavy atom. The molecule has 2 aliphatic rings. The van der Waals surface area contributed by atoms with Gasteiger partial charge in [0, 0.05) is 51.1 Å². The van der Waals surface area contributed by atoms with Crippen LogP contribution in [0.25, 0.3) is 0 Å². The normalized spacial score (nSPS) is 19.2. The van der Waals surface area contributed by atoms with Gasteiger partial charge in [-0.25, -0.2) is 0 Å². The third kappa shape index (κ3) is 4.14. The van der Waals surface area contributed by atoms with Crippen molar-refractivity contribution in [3.05, 3.63) is 29.3 Å². The quantitative estimate of drug-likeness (QED) is 0.813. The Kier molecular flexibility index (Phi) is 6.07. The molecule has 0 aliphatic carbocycles. The molecule has 2 amide bonds. The van der Waals surface area contributed by atoms with Crippen molar-refractivity contribution >= 4 is 29.1 Å². The van der Waals surface area contributed by atoms with E-state index in [2.05, 4.69) is 4.90 Å². The molecule has 2 heterocycles. The van der Waals surface area contributed by atoms with Crippen LogP contribution in [-0.4, -0.2) is 60.9 Å². The Hall–Kier alpha value is -1.75. The molecule has 0 aromatic heterocycles. The number of nitrogens with zero attached hydrogens (tertiary/aromatic N) is 3. The van der Waals surface area contributed by atoms with Crippen LogP contribution < -0.4 is 4.90 Å². The van der Waals surface area contributed by atoms with E-state index < -0.39 is 0 Å². The van der Waals surface area contributed by atoms with Crippen molar-refractivity contribution in [3.63, 3.8) is 0 Å². The van der Waals surface area contributed by atoms with E-state index in [9.17, 15) is 9.59 Å². The number of halogens is 1. The zero-order valence-corrected chi connectivity index (χ0v) is 16.4. The predicted octanol–water partition coefficient (Wildman–Crippen LogP) is 2.88. The van der Waals surface area contributed by atoms with E-state index in [1.54, 1.807) is 0 Å². The van der Waals surface area contributed by atoms with Gasteiger partial charge in [-0.1, -0.05) is 37.6 Å². The van der Waals surface area contributed by atoms with E-state index in [-0.39, 0.29) is 23.7 Å². The number of carbonyl (C=O) groups excluding carboxylic acids is 2. The first-order chi connectivity index (χ1) is 12.5. The molecule has 142 valence electrons. The topological polar surface area (TPSA) is 43.9 Å². The molecule has 0 radical (unpaired) electrons. The molecule has 0 atom stereocenters. The third-order valence-electron chi connectivity index (χ3n) is 5.43. The number of hydrogen-bond donors (Lipinski definition) is 0. The van der Waals surface area contributed by atoms with E-state index in [1.165, 1.54) is 0 Å². The molecule has 1 aromatic carbocycles. The Morgan fingerprint density at radius 2 is 1.58 bits per heavy atom. The number of anilines is 1. The highest BCUT2D eigenvalue weighted by atomic mass is 35.5. The number of piperazine rings is 1. The number of hydrogen-bond acceptors (Lipinski definition) is 3. The average Bonchev–Trinajstić information content (AvgIpc) is 2.67. The van der Waals surface area contributed by atoms with E-state index in [0.29, 0.717) is 13.1 Å². The molecule has 0 saturated carbocycles. The number of benzene rings is 1. The lowest BCUT2D eigenvalue weighted by molar-refractivity contribution is -0.142. The summed E-state index contributed by atoms with van der Waals surface area (Å²) in [5.41, 5.74) is 1.04. The van der Waals surface area contributed by atoms with Crippen molar-refractivity contribution in [2.24, 2.45) is 11.8 Å². The van der Waals surface area contributed by atoms with Crippen molar-refractivity contribution in [1.29, 1.82) is 0 Å². The fourth-order valence-electron chi connectivity index (χ4n) is 3.85. The van der Waals surface area contributed by atoms with Crippen LogP contribution in [-0.2, 0) is 9.59 Å². The van der Waals surface area contributed by atoms with Crippen molar-refractivity contribution < 1.29 is 9.59 Å². The lowest BCUT2D eigenvalue weighted by Gasteiger charge is -2.39. The second-order valence-electron chi connectivity index (χ2n) is 7.52. The summed E-state index contributed by atoms with van der Waals surface area (Å²) in [7, 11) is 0. The summed E-state index contributed by atoms with van der Waals surface area (Å²) in [5, 5.41) is 0.759. The van der Waals surface area contributed by atoms with Crippen LogP contribution in [0.2, 0.25) is 5.02 Å². The minimum Gasteiger partial charge on any atom is -0.367 e. The van der Waals surface area contributed by atoms with Crippen molar-refractivity contribution in [2.75, 3.05) is 44.2 Å². The van der Waals surface area contributed by atoms with Crippen LogP contribution in [0.1, 0.15) is 26.7 Å².